The van der Waals surface area contributed by atoms with E-state index in [0.717, 1.165) is 12.5 Å². The number of nitrogens with two attached hydrogens (primary N) is 1. The molecule has 0 saturated carbocycles. The maximum atomic E-state index is 13.4. The van der Waals surface area contributed by atoms with Crippen molar-refractivity contribution in [3.05, 3.63) is 35.4 Å². The lowest BCUT2D eigenvalue weighted by atomic mass is 10.0. The van der Waals surface area contributed by atoms with Crippen LogP contribution in [0.2, 0.25) is 0 Å². The first-order chi connectivity index (χ1) is 8.93. The maximum Gasteiger partial charge on any atom is 0.224 e. The molecule has 0 aromatic heterocycles. The van der Waals surface area contributed by atoms with E-state index in [0.29, 0.717) is 12.5 Å². The van der Waals surface area contributed by atoms with Crippen LogP contribution in [0.3, 0.4) is 0 Å². The van der Waals surface area contributed by atoms with Gasteiger partial charge >= 0.3 is 0 Å². The molecule has 1 rings (SSSR count). The molecule has 3 nitrogen and oxygen atoms in total. The van der Waals surface area contributed by atoms with Crippen molar-refractivity contribution < 1.29 is 13.6 Å². The molecule has 0 spiro atoms. The zero-order valence-electron chi connectivity index (χ0n) is 11.7. The minimum atomic E-state index is -0.967. The van der Waals surface area contributed by atoms with Crippen LogP contribution < -0.4 is 11.1 Å². The van der Waals surface area contributed by atoms with Crippen molar-refractivity contribution in [1.29, 1.82) is 0 Å². The summed E-state index contributed by atoms with van der Waals surface area (Å²) in [5.41, 5.74) is 5.62. The SMILES string of the molecule is CC(C)CC(CN)NC(=O)Cc1cccc(F)c1F.Cl. The highest BCUT2D eigenvalue weighted by Crippen LogP contribution is 2.12. The van der Waals surface area contributed by atoms with Gasteiger partial charge in [0.25, 0.3) is 0 Å². The molecule has 1 aromatic rings. The Kier molecular flexibility index (Phi) is 8.34. The zero-order valence-corrected chi connectivity index (χ0v) is 12.5. The number of hydrogen-bond donors (Lipinski definition) is 2. The monoisotopic (exact) mass is 306 g/mol. The standard InChI is InChI=1S/C14H20F2N2O.ClH/c1-9(2)6-11(8-17)18-13(19)7-10-4-3-5-12(15)14(10)16;/h3-5,9,11H,6-8,17H2,1-2H3,(H,18,19);1H. The number of hydrogen-bond acceptors (Lipinski definition) is 2. The Hall–Kier alpha value is -1.20. The van der Waals surface area contributed by atoms with Crippen molar-refractivity contribution in [3.8, 4) is 0 Å². The van der Waals surface area contributed by atoms with Crippen molar-refractivity contribution in [2.24, 2.45) is 11.7 Å². The molecule has 0 bridgehead atoms. The summed E-state index contributed by atoms with van der Waals surface area (Å²) in [7, 11) is 0. The highest BCUT2D eigenvalue weighted by molar-refractivity contribution is 5.85. The number of halogens is 3. The first kappa shape index (κ1) is 18.8. The van der Waals surface area contributed by atoms with Crippen LogP contribution in [0, 0.1) is 17.6 Å². The molecule has 0 heterocycles. The third kappa shape index (κ3) is 5.84. The van der Waals surface area contributed by atoms with Crippen molar-refractivity contribution in [3.63, 3.8) is 0 Å². The lowest BCUT2D eigenvalue weighted by molar-refractivity contribution is -0.121. The van der Waals surface area contributed by atoms with Gasteiger partial charge in [0, 0.05) is 18.2 Å². The van der Waals surface area contributed by atoms with E-state index in [4.69, 9.17) is 5.73 Å². The molecule has 0 aliphatic rings. The normalized spacial score (nSPS) is 11.9. The average Bonchev–Trinajstić information content (AvgIpc) is 2.33. The fourth-order valence-corrected chi connectivity index (χ4v) is 1.92. The summed E-state index contributed by atoms with van der Waals surface area (Å²) >= 11 is 0. The highest BCUT2D eigenvalue weighted by atomic mass is 35.5. The van der Waals surface area contributed by atoms with Crippen LogP contribution >= 0.6 is 12.4 Å². The van der Waals surface area contributed by atoms with Crippen LogP contribution in [0.15, 0.2) is 18.2 Å². The van der Waals surface area contributed by atoms with Gasteiger partial charge in [0.1, 0.15) is 0 Å². The predicted octanol–water partition coefficient (Wildman–Crippen LogP) is 2.42. The molecule has 3 N–H and O–H groups in total. The maximum absolute atomic E-state index is 13.4. The van der Waals surface area contributed by atoms with Gasteiger partial charge in [-0.1, -0.05) is 26.0 Å². The Morgan fingerprint density at radius 1 is 1.35 bits per heavy atom. The predicted molar refractivity (Wildman–Crippen MR) is 77.8 cm³/mol. The first-order valence-electron chi connectivity index (χ1n) is 6.36. The fourth-order valence-electron chi connectivity index (χ4n) is 1.92. The molecule has 114 valence electrons. The van der Waals surface area contributed by atoms with Gasteiger partial charge in [0.05, 0.1) is 6.42 Å². The summed E-state index contributed by atoms with van der Waals surface area (Å²) in [5, 5.41) is 2.74. The van der Waals surface area contributed by atoms with Crippen molar-refractivity contribution in [2.45, 2.75) is 32.7 Å². The molecule has 0 radical (unpaired) electrons. The zero-order chi connectivity index (χ0) is 14.4. The molecule has 0 aliphatic carbocycles. The van der Waals surface area contributed by atoms with Gasteiger partial charge in [-0.25, -0.2) is 8.78 Å². The molecular formula is C14H21ClF2N2O. The topological polar surface area (TPSA) is 55.1 Å². The molecule has 0 saturated heterocycles. The van der Waals surface area contributed by atoms with E-state index >= 15 is 0 Å². The lowest BCUT2D eigenvalue weighted by Crippen LogP contribution is -2.41. The molecule has 20 heavy (non-hydrogen) atoms. The third-order valence-electron chi connectivity index (χ3n) is 2.79. The van der Waals surface area contributed by atoms with Gasteiger partial charge in [-0.15, -0.1) is 12.4 Å². The molecule has 1 atom stereocenters. The van der Waals surface area contributed by atoms with Gasteiger partial charge in [-0.3, -0.25) is 4.79 Å². The summed E-state index contributed by atoms with van der Waals surface area (Å²) in [6.45, 7) is 4.39. The fraction of sp³-hybridized carbons (Fsp3) is 0.500. The Morgan fingerprint density at radius 3 is 2.55 bits per heavy atom. The second kappa shape index (κ2) is 8.87. The van der Waals surface area contributed by atoms with Gasteiger partial charge in [-0.2, -0.15) is 0 Å². The van der Waals surface area contributed by atoms with Crippen molar-refractivity contribution in [1.82, 2.24) is 5.32 Å². The first-order valence-corrected chi connectivity index (χ1v) is 6.36. The second-order valence-corrected chi connectivity index (χ2v) is 5.02. The number of carbonyl (C=O) groups excluding carboxylic acids is 1. The minimum Gasteiger partial charge on any atom is -0.352 e. The molecule has 6 heteroatoms. The number of rotatable bonds is 6. The summed E-state index contributed by atoms with van der Waals surface area (Å²) in [5.74, 6) is -1.85. The van der Waals surface area contributed by atoms with E-state index in [1.807, 2.05) is 13.8 Å². The summed E-state index contributed by atoms with van der Waals surface area (Å²) in [4.78, 5) is 11.8. The summed E-state index contributed by atoms with van der Waals surface area (Å²) in [6.07, 6.45) is 0.575. The Morgan fingerprint density at radius 2 is 2.00 bits per heavy atom. The number of nitrogens with one attached hydrogen (secondary N) is 1. The third-order valence-corrected chi connectivity index (χ3v) is 2.79. The van der Waals surface area contributed by atoms with Crippen LogP contribution in [0.25, 0.3) is 0 Å². The largest absolute Gasteiger partial charge is 0.352 e. The lowest BCUT2D eigenvalue weighted by Gasteiger charge is -2.18. The Bertz CT molecular complexity index is 441. The van der Waals surface area contributed by atoms with Crippen LogP contribution in [0.5, 0.6) is 0 Å². The Labute approximate surface area is 124 Å². The molecule has 1 aromatic carbocycles. The molecule has 0 fully saturated rings. The number of amides is 1. The molecular weight excluding hydrogens is 286 g/mol. The van der Waals surface area contributed by atoms with Crippen LogP contribution in [-0.4, -0.2) is 18.5 Å². The summed E-state index contributed by atoms with van der Waals surface area (Å²) in [6, 6.07) is 3.68. The molecule has 1 unspecified atom stereocenters. The highest BCUT2D eigenvalue weighted by Gasteiger charge is 2.15. The van der Waals surface area contributed by atoms with Crippen molar-refractivity contribution >= 4 is 18.3 Å². The van der Waals surface area contributed by atoms with Crippen LogP contribution in [0.4, 0.5) is 8.78 Å². The number of carbonyl (C=O) groups is 1. The Balaban J connectivity index is 0.00000361. The summed E-state index contributed by atoms with van der Waals surface area (Å²) < 4.78 is 26.4. The van der Waals surface area contributed by atoms with E-state index in [1.165, 1.54) is 12.1 Å². The average molecular weight is 307 g/mol. The van der Waals surface area contributed by atoms with Gasteiger partial charge < -0.3 is 11.1 Å². The van der Waals surface area contributed by atoms with E-state index in [1.54, 1.807) is 0 Å². The smallest absolute Gasteiger partial charge is 0.224 e. The van der Waals surface area contributed by atoms with Crippen LogP contribution in [0.1, 0.15) is 25.8 Å². The van der Waals surface area contributed by atoms with Crippen LogP contribution in [-0.2, 0) is 11.2 Å². The van der Waals surface area contributed by atoms with Gasteiger partial charge in [0.2, 0.25) is 5.91 Å². The van der Waals surface area contributed by atoms with E-state index in [-0.39, 0.29) is 36.3 Å². The van der Waals surface area contributed by atoms with Crippen molar-refractivity contribution in [2.75, 3.05) is 6.54 Å². The minimum absolute atomic E-state index is 0. The van der Waals surface area contributed by atoms with Gasteiger partial charge in [-0.05, 0) is 18.4 Å². The van der Waals surface area contributed by atoms with E-state index < -0.39 is 11.6 Å². The number of benzene rings is 1. The molecule has 0 aliphatic heterocycles. The van der Waals surface area contributed by atoms with E-state index in [2.05, 4.69) is 5.32 Å². The molecule has 1 amide bonds. The van der Waals surface area contributed by atoms with E-state index in [9.17, 15) is 13.6 Å². The second-order valence-electron chi connectivity index (χ2n) is 5.02. The van der Waals surface area contributed by atoms with Gasteiger partial charge in [0.15, 0.2) is 11.6 Å². The quantitative estimate of drug-likeness (QED) is 0.848.